The average Bonchev–Trinajstić information content (AvgIpc) is 3.44. The predicted octanol–water partition coefficient (Wildman–Crippen LogP) is 2.87. The van der Waals surface area contributed by atoms with Crippen LogP contribution in [-0.4, -0.2) is 81.9 Å². The van der Waals surface area contributed by atoms with E-state index in [1.165, 1.54) is 11.8 Å². The number of carbonyl (C=O) groups is 3. The third kappa shape index (κ3) is 4.42. The first-order valence-electron chi connectivity index (χ1n) is 12.2. The molecule has 184 valence electrons. The molecule has 2 aromatic rings. The molecule has 3 aliphatic rings. The molecule has 5 rings (SSSR count). The smallest absolute Gasteiger partial charge is 0.256 e. The van der Waals surface area contributed by atoms with E-state index in [0.717, 1.165) is 29.9 Å². The van der Waals surface area contributed by atoms with Gasteiger partial charge in [0.25, 0.3) is 5.91 Å². The van der Waals surface area contributed by atoms with Crippen molar-refractivity contribution >= 4 is 29.5 Å². The highest BCUT2D eigenvalue weighted by atomic mass is 32.2. The van der Waals surface area contributed by atoms with Crippen molar-refractivity contribution in [3.8, 4) is 0 Å². The van der Waals surface area contributed by atoms with Gasteiger partial charge >= 0.3 is 0 Å². The van der Waals surface area contributed by atoms with Gasteiger partial charge in [-0.1, -0.05) is 6.07 Å². The van der Waals surface area contributed by atoms with Gasteiger partial charge in [0.15, 0.2) is 0 Å². The molecule has 3 amide bonds. The molecule has 35 heavy (non-hydrogen) atoms. The van der Waals surface area contributed by atoms with Crippen molar-refractivity contribution in [2.75, 3.05) is 39.5 Å². The number of pyridine rings is 2. The molecule has 3 saturated heterocycles. The van der Waals surface area contributed by atoms with Gasteiger partial charge in [0.1, 0.15) is 5.03 Å². The van der Waals surface area contributed by atoms with Gasteiger partial charge in [-0.05, 0) is 54.7 Å². The summed E-state index contributed by atoms with van der Waals surface area (Å²) in [6.45, 7) is 2.78. The van der Waals surface area contributed by atoms with Crippen molar-refractivity contribution in [2.24, 2.45) is 11.3 Å². The molecule has 1 spiro atoms. The van der Waals surface area contributed by atoms with Crippen LogP contribution in [0.15, 0.2) is 47.9 Å². The number of carbonyl (C=O) groups excluding carboxylic acids is 3. The highest BCUT2D eigenvalue weighted by molar-refractivity contribution is 7.98. The molecule has 0 unspecified atom stereocenters. The Morgan fingerprint density at radius 1 is 1.06 bits per heavy atom. The molecule has 0 N–H and O–H groups in total. The summed E-state index contributed by atoms with van der Waals surface area (Å²) in [7, 11) is 1.77. The molecule has 9 heteroatoms. The molecule has 0 bridgehead atoms. The van der Waals surface area contributed by atoms with E-state index in [0.29, 0.717) is 31.7 Å². The quantitative estimate of drug-likeness (QED) is 0.609. The number of rotatable bonds is 4. The Balaban J connectivity index is 1.24. The summed E-state index contributed by atoms with van der Waals surface area (Å²) in [5.41, 5.74) is 1.61. The summed E-state index contributed by atoms with van der Waals surface area (Å²) < 4.78 is 0. The maximum Gasteiger partial charge on any atom is 0.256 e. The standard InChI is InChI=1S/C26H31N5O3S/c1-29-21(32)15-20(22(29)18-5-3-10-27-16-18)25(34)31-14-9-26(17-31)7-12-30(13-8-26)24(33)19-6-4-11-28-23(19)35-2/h3-6,10-11,16,20,22H,7-9,12-15,17H2,1-2H3/t20-,22+/m1/s1. The number of amides is 3. The topological polar surface area (TPSA) is 86.7 Å². The molecule has 0 radical (unpaired) electrons. The van der Waals surface area contributed by atoms with Crippen LogP contribution in [0.4, 0.5) is 0 Å². The Labute approximate surface area is 210 Å². The molecular weight excluding hydrogens is 462 g/mol. The summed E-state index contributed by atoms with van der Waals surface area (Å²) in [4.78, 5) is 53.4. The van der Waals surface area contributed by atoms with Gasteiger partial charge in [-0.25, -0.2) is 4.98 Å². The number of piperidine rings is 1. The predicted molar refractivity (Wildman–Crippen MR) is 133 cm³/mol. The fourth-order valence-electron chi connectivity index (χ4n) is 5.93. The minimum Gasteiger partial charge on any atom is -0.342 e. The maximum atomic E-state index is 13.6. The summed E-state index contributed by atoms with van der Waals surface area (Å²) in [5.74, 6) is -0.288. The van der Waals surface area contributed by atoms with Crippen molar-refractivity contribution < 1.29 is 14.4 Å². The maximum absolute atomic E-state index is 13.6. The number of hydrogen-bond acceptors (Lipinski definition) is 6. The summed E-state index contributed by atoms with van der Waals surface area (Å²) >= 11 is 1.49. The first-order chi connectivity index (χ1) is 16.9. The van der Waals surface area contributed by atoms with Gasteiger partial charge in [-0.3, -0.25) is 19.4 Å². The highest BCUT2D eigenvalue weighted by Gasteiger charge is 2.48. The molecule has 0 saturated carbocycles. The number of thioether (sulfide) groups is 1. The lowest BCUT2D eigenvalue weighted by molar-refractivity contribution is -0.136. The van der Waals surface area contributed by atoms with Crippen molar-refractivity contribution in [1.29, 1.82) is 0 Å². The molecular formula is C26H31N5O3S. The lowest BCUT2D eigenvalue weighted by atomic mass is 9.77. The fourth-order valence-corrected chi connectivity index (χ4v) is 6.48. The van der Waals surface area contributed by atoms with Crippen molar-refractivity contribution in [3.63, 3.8) is 0 Å². The second kappa shape index (κ2) is 9.60. The Bertz CT molecular complexity index is 1120. The second-order valence-corrected chi connectivity index (χ2v) is 10.7. The SMILES string of the molecule is CSc1ncccc1C(=O)N1CCC2(CC1)CCN(C(=O)[C@@H]1CC(=O)N(C)[C@H]1c1cccnc1)C2. The minimum absolute atomic E-state index is 0.00190. The van der Waals surface area contributed by atoms with Gasteiger partial charge in [-0.15, -0.1) is 11.8 Å². The second-order valence-electron chi connectivity index (χ2n) is 9.91. The molecule has 0 aromatic carbocycles. The van der Waals surface area contributed by atoms with Gasteiger partial charge in [0.2, 0.25) is 11.8 Å². The van der Waals surface area contributed by atoms with E-state index in [1.54, 1.807) is 30.5 Å². The largest absolute Gasteiger partial charge is 0.342 e. The zero-order valence-corrected chi connectivity index (χ0v) is 21.0. The summed E-state index contributed by atoms with van der Waals surface area (Å²) in [6.07, 6.45) is 10.0. The third-order valence-corrected chi connectivity index (χ3v) is 8.70. The molecule has 5 heterocycles. The van der Waals surface area contributed by atoms with Crippen molar-refractivity contribution in [1.82, 2.24) is 24.7 Å². The summed E-state index contributed by atoms with van der Waals surface area (Å²) in [5, 5.41) is 0.759. The highest BCUT2D eigenvalue weighted by Crippen LogP contribution is 2.44. The average molecular weight is 494 g/mol. The minimum atomic E-state index is -0.385. The molecule has 8 nitrogen and oxygen atoms in total. The van der Waals surface area contributed by atoms with E-state index in [-0.39, 0.29) is 41.5 Å². The van der Waals surface area contributed by atoms with E-state index in [9.17, 15) is 14.4 Å². The molecule has 2 atom stereocenters. The summed E-state index contributed by atoms with van der Waals surface area (Å²) in [6, 6.07) is 7.17. The lowest BCUT2D eigenvalue weighted by Crippen LogP contribution is -2.45. The van der Waals surface area contributed by atoms with E-state index < -0.39 is 0 Å². The number of aromatic nitrogens is 2. The Morgan fingerprint density at radius 2 is 1.77 bits per heavy atom. The molecule has 0 aliphatic carbocycles. The van der Waals surface area contributed by atoms with Gasteiger partial charge in [0.05, 0.1) is 17.5 Å². The lowest BCUT2D eigenvalue weighted by Gasteiger charge is -2.39. The van der Waals surface area contributed by atoms with Crippen molar-refractivity contribution in [3.05, 3.63) is 54.0 Å². The zero-order chi connectivity index (χ0) is 24.6. The van der Waals surface area contributed by atoms with Gasteiger partial charge in [-0.2, -0.15) is 0 Å². The number of hydrogen-bond donors (Lipinski definition) is 0. The molecule has 3 aliphatic heterocycles. The third-order valence-electron chi connectivity index (χ3n) is 7.99. The van der Waals surface area contributed by atoms with Crippen LogP contribution in [0, 0.1) is 11.3 Å². The Kier molecular flexibility index (Phi) is 6.53. The molecule has 2 aromatic heterocycles. The van der Waals surface area contributed by atoms with Crippen LogP contribution in [0.3, 0.4) is 0 Å². The van der Waals surface area contributed by atoms with Gasteiger partial charge < -0.3 is 14.7 Å². The van der Waals surface area contributed by atoms with Crippen LogP contribution < -0.4 is 0 Å². The van der Waals surface area contributed by atoms with Gasteiger partial charge in [0, 0.05) is 58.2 Å². The van der Waals surface area contributed by atoms with Crippen LogP contribution in [-0.2, 0) is 9.59 Å². The normalized spacial score (nSPS) is 23.8. The van der Waals surface area contributed by atoms with Crippen LogP contribution in [0.1, 0.15) is 47.6 Å². The van der Waals surface area contributed by atoms with Crippen molar-refractivity contribution in [2.45, 2.75) is 36.8 Å². The first kappa shape index (κ1) is 23.8. The van der Waals surface area contributed by atoms with E-state index in [2.05, 4.69) is 9.97 Å². The van der Waals surface area contributed by atoms with Crippen LogP contribution in [0.2, 0.25) is 0 Å². The molecule has 3 fully saturated rings. The zero-order valence-electron chi connectivity index (χ0n) is 20.2. The fraction of sp³-hybridized carbons (Fsp3) is 0.500. The van der Waals surface area contributed by atoms with Crippen LogP contribution in [0.25, 0.3) is 0 Å². The van der Waals surface area contributed by atoms with E-state index >= 15 is 0 Å². The van der Waals surface area contributed by atoms with Crippen LogP contribution in [0.5, 0.6) is 0 Å². The Hall–Kier alpha value is -2.94. The number of nitrogens with zero attached hydrogens (tertiary/aromatic N) is 5. The van der Waals surface area contributed by atoms with E-state index in [4.69, 9.17) is 0 Å². The van der Waals surface area contributed by atoms with Crippen LogP contribution >= 0.6 is 11.8 Å². The monoisotopic (exact) mass is 493 g/mol. The first-order valence-corrected chi connectivity index (χ1v) is 13.4. The van der Waals surface area contributed by atoms with E-state index in [1.807, 2.05) is 40.3 Å². The number of likely N-dealkylation sites (tertiary alicyclic amines) is 3. The Morgan fingerprint density at radius 3 is 2.46 bits per heavy atom.